The number of allylic oxidation sites excluding steroid dienone is 3. The molecule has 0 aromatic heterocycles. The van der Waals surface area contributed by atoms with Crippen LogP contribution in [-0.4, -0.2) is 18.6 Å². The third-order valence-electron chi connectivity index (χ3n) is 3.57. The summed E-state index contributed by atoms with van der Waals surface area (Å²) in [6, 6.07) is 0.417. The average Bonchev–Trinajstić information content (AvgIpc) is 2.36. The highest BCUT2D eigenvalue weighted by molar-refractivity contribution is 5.89. The van der Waals surface area contributed by atoms with Crippen molar-refractivity contribution in [2.24, 2.45) is 11.1 Å². The highest BCUT2D eigenvalue weighted by Crippen LogP contribution is 2.37. The lowest BCUT2D eigenvalue weighted by molar-refractivity contribution is -0.138. The highest BCUT2D eigenvalue weighted by Gasteiger charge is 2.28. The molecule has 0 spiro atoms. The number of nitrogens with one attached hydrogen (secondary N) is 1. The van der Waals surface area contributed by atoms with E-state index in [9.17, 15) is 4.79 Å². The van der Waals surface area contributed by atoms with Crippen molar-refractivity contribution in [1.29, 1.82) is 0 Å². The molecule has 4 nitrogen and oxygen atoms in total. The van der Waals surface area contributed by atoms with Gasteiger partial charge in [-0.05, 0) is 50.2 Å². The predicted octanol–water partition coefficient (Wildman–Crippen LogP) is 2.85. The fourth-order valence-electron chi connectivity index (χ4n) is 2.43. The van der Waals surface area contributed by atoms with E-state index in [0.717, 1.165) is 30.5 Å². The van der Waals surface area contributed by atoms with Gasteiger partial charge in [0.15, 0.2) is 0 Å². The van der Waals surface area contributed by atoms with Gasteiger partial charge in [-0.25, -0.2) is 4.79 Å². The number of hydrogen-bond donors (Lipinski definition) is 2. The van der Waals surface area contributed by atoms with Crippen molar-refractivity contribution in [1.82, 2.24) is 5.32 Å². The van der Waals surface area contributed by atoms with Gasteiger partial charge in [0.1, 0.15) is 5.70 Å². The summed E-state index contributed by atoms with van der Waals surface area (Å²) in [5.74, 6) is -0.417. The summed E-state index contributed by atoms with van der Waals surface area (Å²) in [7, 11) is 0. The molecule has 1 aliphatic carbocycles. The lowest BCUT2D eigenvalue weighted by Gasteiger charge is -2.33. The first-order valence-electron chi connectivity index (χ1n) is 7.42. The van der Waals surface area contributed by atoms with E-state index in [4.69, 9.17) is 10.5 Å². The van der Waals surface area contributed by atoms with Gasteiger partial charge in [0.05, 0.1) is 6.61 Å². The van der Waals surface area contributed by atoms with Crippen LogP contribution in [0.5, 0.6) is 0 Å². The normalized spacial score (nSPS) is 21.8. The smallest absolute Gasteiger partial charge is 0.354 e. The molecule has 3 N–H and O–H groups in total. The molecular formula is C16H28N2O2. The molecule has 0 heterocycles. The molecule has 0 radical (unpaired) electrons. The number of hydrogen-bond acceptors (Lipinski definition) is 4. The molecule has 0 fully saturated rings. The molecule has 1 unspecified atom stereocenters. The fraction of sp³-hybridized carbons (Fsp3) is 0.688. The van der Waals surface area contributed by atoms with E-state index >= 15 is 0 Å². The molecule has 4 heteroatoms. The number of carbonyl (C=O) groups is 1. The van der Waals surface area contributed by atoms with Crippen LogP contribution in [0.15, 0.2) is 23.0 Å². The van der Waals surface area contributed by atoms with E-state index in [-0.39, 0.29) is 11.1 Å². The molecule has 0 saturated heterocycles. The minimum atomic E-state index is -0.417. The Hall–Kier alpha value is -1.45. The number of ether oxygens (including phenoxy) is 1. The minimum Gasteiger partial charge on any atom is -0.461 e. The van der Waals surface area contributed by atoms with Crippen molar-refractivity contribution in [3.8, 4) is 0 Å². The van der Waals surface area contributed by atoms with Crippen molar-refractivity contribution >= 4 is 5.97 Å². The molecule has 0 saturated carbocycles. The predicted molar refractivity (Wildman–Crippen MR) is 81.8 cm³/mol. The van der Waals surface area contributed by atoms with Gasteiger partial charge in [0.25, 0.3) is 0 Å². The van der Waals surface area contributed by atoms with Crippen LogP contribution in [0, 0.1) is 5.41 Å². The Morgan fingerprint density at radius 1 is 1.45 bits per heavy atom. The lowest BCUT2D eigenvalue weighted by Crippen LogP contribution is -2.31. The van der Waals surface area contributed by atoms with E-state index in [2.05, 4.69) is 33.0 Å². The van der Waals surface area contributed by atoms with Crippen LogP contribution in [0.2, 0.25) is 0 Å². The Morgan fingerprint density at radius 2 is 2.10 bits per heavy atom. The van der Waals surface area contributed by atoms with Crippen LogP contribution in [0.1, 0.15) is 53.9 Å². The van der Waals surface area contributed by atoms with Crippen molar-refractivity contribution < 1.29 is 9.53 Å². The molecule has 1 aliphatic rings. The van der Waals surface area contributed by atoms with E-state index in [1.165, 1.54) is 0 Å². The van der Waals surface area contributed by atoms with Crippen LogP contribution >= 0.6 is 0 Å². The summed E-state index contributed by atoms with van der Waals surface area (Å²) < 4.78 is 4.99. The molecular weight excluding hydrogens is 252 g/mol. The van der Waals surface area contributed by atoms with E-state index in [1.807, 2.05) is 6.08 Å². The van der Waals surface area contributed by atoms with Gasteiger partial charge in [-0.15, -0.1) is 0 Å². The molecule has 0 amide bonds. The Kier molecular flexibility index (Phi) is 5.66. The second-order valence-electron chi connectivity index (χ2n) is 6.30. The molecule has 20 heavy (non-hydrogen) atoms. The van der Waals surface area contributed by atoms with Crippen molar-refractivity contribution in [3.05, 3.63) is 23.0 Å². The summed E-state index contributed by atoms with van der Waals surface area (Å²) in [6.45, 7) is 10.8. The number of rotatable bonds is 5. The zero-order valence-corrected chi connectivity index (χ0v) is 13.4. The van der Waals surface area contributed by atoms with E-state index in [0.29, 0.717) is 12.6 Å². The Balaban J connectivity index is 3.02. The molecule has 1 atom stereocenters. The van der Waals surface area contributed by atoms with Crippen molar-refractivity contribution in [3.63, 3.8) is 0 Å². The Morgan fingerprint density at radius 3 is 2.65 bits per heavy atom. The van der Waals surface area contributed by atoms with Crippen LogP contribution in [0.25, 0.3) is 0 Å². The van der Waals surface area contributed by atoms with Crippen molar-refractivity contribution in [2.45, 2.75) is 59.9 Å². The van der Waals surface area contributed by atoms with Gasteiger partial charge in [0, 0.05) is 11.7 Å². The first-order valence-corrected chi connectivity index (χ1v) is 7.42. The first kappa shape index (κ1) is 16.6. The topological polar surface area (TPSA) is 64.3 Å². The maximum absolute atomic E-state index is 11.8. The highest BCUT2D eigenvalue weighted by atomic mass is 16.5. The molecule has 114 valence electrons. The zero-order valence-electron chi connectivity index (χ0n) is 13.4. The van der Waals surface area contributed by atoms with Gasteiger partial charge in [0.2, 0.25) is 0 Å². The number of esters is 1. The maximum atomic E-state index is 11.8. The van der Waals surface area contributed by atoms with Gasteiger partial charge < -0.3 is 15.8 Å². The molecule has 0 aromatic rings. The SMILES string of the molecule is CCOC(=O)/C(N)=C1\C=C(NC(C)CC)CC(C)(C)C1. The monoisotopic (exact) mass is 280 g/mol. The second-order valence-corrected chi connectivity index (χ2v) is 6.30. The lowest BCUT2D eigenvalue weighted by atomic mass is 9.76. The quantitative estimate of drug-likeness (QED) is 0.600. The fourth-order valence-corrected chi connectivity index (χ4v) is 2.43. The van der Waals surface area contributed by atoms with E-state index < -0.39 is 5.97 Å². The first-order chi connectivity index (χ1) is 9.29. The summed E-state index contributed by atoms with van der Waals surface area (Å²) in [6.07, 6.45) is 4.84. The summed E-state index contributed by atoms with van der Waals surface area (Å²) >= 11 is 0. The van der Waals surface area contributed by atoms with Crippen molar-refractivity contribution in [2.75, 3.05) is 6.61 Å². The third kappa shape index (κ3) is 4.58. The standard InChI is InChI=1S/C16H28N2O2/c1-6-11(3)18-13-8-12(9-16(4,5)10-13)14(17)15(19)20-7-2/h8,11,18H,6-7,9-10,17H2,1-5H3/b14-12-. The number of nitrogens with two attached hydrogens (primary N) is 1. The molecule has 0 bridgehead atoms. The largest absolute Gasteiger partial charge is 0.461 e. The summed E-state index contributed by atoms with van der Waals surface area (Å²) in [4.78, 5) is 11.8. The van der Waals surface area contributed by atoms with Gasteiger partial charge in [-0.2, -0.15) is 0 Å². The van der Waals surface area contributed by atoms with Crippen LogP contribution < -0.4 is 11.1 Å². The Labute approximate surface area is 122 Å². The van der Waals surface area contributed by atoms with Gasteiger partial charge >= 0.3 is 5.97 Å². The van der Waals surface area contributed by atoms with Crippen LogP contribution in [0.3, 0.4) is 0 Å². The third-order valence-corrected chi connectivity index (χ3v) is 3.57. The molecule has 0 aromatic carbocycles. The summed E-state index contributed by atoms with van der Waals surface area (Å²) in [5.41, 5.74) is 8.32. The molecule has 0 aliphatic heterocycles. The van der Waals surface area contributed by atoms with Crippen LogP contribution in [0.4, 0.5) is 0 Å². The van der Waals surface area contributed by atoms with Gasteiger partial charge in [-0.3, -0.25) is 0 Å². The summed E-state index contributed by atoms with van der Waals surface area (Å²) in [5, 5.41) is 3.50. The second kappa shape index (κ2) is 6.82. The minimum absolute atomic E-state index is 0.0942. The maximum Gasteiger partial charge on any atom is 0.354 e. The van der Waals surface area contributed by atoms with Gasteiger partial charge in [-0.1, -0.05) is 20.8 Å². The zero-order chi connectivity index (χ0) is 15.3. The molecule has 1 rings (SSSR count). The average molecular weight is 280 g/mol. The number of carbonyl (C=O) groups excluding carboxylic acids is 1. The van der Waals surface area contributed by atoms with Crippen LogP contribution in [-0.2, 0) is 9.53 Å². The van der Waals surface area contributed by atoms with E-state index in [1.54, 1.807) is 6.92 Å². The Bertz CT molecular complexity index is 422.